The number of likely N-dealkylation sites (N-methyl/N-ethyl adjacent to an activating group) is 1. The highest BCUT2D eigenvalue weighted by Gasteiger charge is 2.16. The van der Waals surface area contributed by atoms with E-state index in [1.54, 1.807) is 11.0 Å². The summed E-state index contributed by atoms with van der Waals surface area (Å²) in [5.41, 5.74) is 2.41. The van der Waals surface area contributed by atoms with Gasteiger partial charge in [-0.3, -0.25) is 14.5 Å². The normalized spacial score (nSPS) is 11.9. The zero-order valence-corrected chi connectivity index (χ0v) is 16.7. The van der Waals surface area contributed by atoms with Gasteiger partial charge in [0.05, 0.1) is 18.8 Å². The monoisotopic (exact) mass is 410 g/mol. The highest BCUT2D eigenvalue weighted by Crippen LogP contribution is 2.19. The van der Waals surface area contributed by atoms with E-state index in [-0.39, 0.29) is 36.8 Å². The maximum absolute atomic E-state index is 12.9. The van der Waals surface area contributed by atoms with E-state index in [9.17, 15) is 14.0 Å². The van der Waals surface area contributed by atoms with Crippen molar-refractivity contribution in [2.75, 3.05) is 25.5 Å². The summed E-state index contributed by atoms with van der Waals surface area (Å²) in [7, 11) is 1.84. The third-order valence-corrected chi connectivity index (χ3v) is 4.69. The number of nitrogens with zero attached hydrogens (tertiary/aromatic N) is 4. The minimum absolute atomic E-state index is 0.00594. The van der Waals surface area contributed by atoms with Crippen LogP contribution in [0.3, 0.4) is 0 Å². The number of amides is 2. The van der Waals surface area contributed by atoms with Crippen molar-refractivity contribution in [3.05, 3.63) is 72.6 Å². The van der Waals surface area contributed by atoms with Crippen LogP contribution in [0.15, 0.2) is 61.2 Å². The smallest absolute Gasteiger partial charge is 0.243 e. The van der Waals surface area contributed by atoms with E-state index in [1.165, 1.54) is 30.6 Å². The molecule has 9 heteroatoms. The van der Waals surface area contributed by atoms with Gasteiger partial charge in [-0.2, -0.15) is 5.10 Å². The highest BCUT2D eigenvalue weighted by molar-refractivity contribution is 5.94. The second kappa shape index (κ2) is 9.75. The first-order valence-corrected chi connectivity index (χ1v) is 9.39. The predicted molar refractivity (Wildman–Crippen MR) is 110 cm³/mol. The van der Waals surface area contributed by atoms with Gasteiger partial charge in [-0.15, -0.1) is 0 Å². The van der Waals surface area contributed by atoms with Crippen molar-refractivity contribution in [3.63, 3.8) is 0 Å². The highest BCUT2D eigenvalue weighted by atomic mass is 19.1. The summed E-state index contributed by atoms with van der Waals surface area (Å²) in [6, 6.07) is 13.2. The Bertz CT molecular complexity index is 974. The Morgan fingerprint density at radius 2 is 1.80 bits per heavy atom. The Labute approximate surface area is 173 Å². The summed E-state index contributed by atoms with van der Waals surface area (Å²) in [6.07, 6.45) is 3.10. The minimum Gasteiger partial charge on any atom is -0.346 e. The van der Waals surface area contributed by atoms with Crippen molar-refractivity contribution in [2.24, 2.45) is 0 Å². The first-order valence-electron chi connectivity index (χ1n) is 9.39. The summed E-state index contributed by atoms with van der Waals surface area (Å²) < 4.78 is 14.6. The van der Waals surface area contributed by atoms with Crippen LogP contribution >= 0.6 is 0 Å². The molecule has 2 aromatic carbocycles. The first-order chi connectivity index (χ1) is 14.4. The molecule has 0 spiro atoms. The van der Waals surface area contributed by atoms with Gasteiger partial charge in [-0.25, -0.2) is 14.1 Å². The number of carbonyl (C=O) groups excluding carboxylic acids is 2. The Kier molecular flexibility index (Phi) is 6.87. The van der Waals surface area contributed by atoms with Crippen molar-refractivity contribution in [3.8, 4) is 5.69 Å². The van der Waals surface area contributed by atoms with Gasteiger partial charge in [0.15, 0.2) is 0 Å². The molecule has 0 aliphatic rings. The summed E-state index contributed by atoms with van der Waals surface area (Å²) in [5, 5.41) is 9.28. The Morgan fingerprint density at radius 1 is 1.10 bits per heavy atom. The number of benzene rings is 2. The molecule has 1 aromatic heterocycles. The fourth-order valence-electron chi connectivity index (χ4n) is 2.84. The molecule has 30 heavy (non-hydrogen) atoms. The van der Waals surface area contributed by atoms with Crippen LogP contribution in [-0.4, -0.2) is 51.6 Å². The van der Waals surface area contributed by atoms with E-state index in [1.807, 2.05) is 43.1 Å². The number of carbonyl (C=O) groups is 2. The maximum Gasteiger partial charge on any atom is 0.243 e. The van der Waals surface area contributed by atoms with E-state index in [0.29, 0.717) is 5.69 Å². The number of hydrogen-bond acceptors (Lipinski definition) is 5. The number of nitrogens with one attached hydrogen (secondary N) is 2. The largest absolute Gasteiger partial charge is 0.346 e. The van der Waals surface area contributed by atoms with Crippen LogP contribution in [0.4, 0.5) is 10.1 Å². The molecule has 2 amide bonds. The van der Waals surface area contributed by atoms with Gasteiger partial charge in [0.1, 0.15) is 18.5 Å². The summed E-state index contributed by atoms with van der Waals surface area (Å²) >= 11 is 0. The van der Waals surface area contributed by atoms with E-state index < -0.39 is 0 Å². The molecule has 2 N–H and O–H groups in total. The third-order valence-electron chi connectivity index (χ3n) is 4.69. The van der Waals surface area contributed by atoms with Gasteiger partial charge < -0.3 is 10.6 Å². The molecule has 0 aliphatic heterocycles. The molecule has 3 aromatic rings. The molecule has 0 radical (unpaired) electrons. The molecule has 0 bridgehead atoms. The average Bonchev–Trinajstić information content (AvgIpc) is 3.28. The molecule has 0 unspecified atom stereocenters. The molecule has 0 saturated heterocycles. The van der Waals surface area contributed by atoms with E-state index in [4.69, 9.17) is 0 Å². The Balaban J connectivity index is 1.46. The lowest BCUT2D eigenvalue weighted by Gasteiger charge is -2.24. The number of rotatable bonds is 8. The standard InChI is InChI=1S/C21H23FN6O2/c1-15(16-3-9-19(10-4-16)28-14-23-13-25-28)27(2)12-21(30)24-11-20(29)26-18-7-5-17(22)6-8-18/h3-10,13-15H,11-12H2,1-2H3,(H,24,30)(H,26,29)/t15-/m0/s1. The lowest BCUT2D eigenvalue weighted by atomic mass is 10.1. The van der Waals surface area contributed by atoms with Crippen LogP contribution in [0.1, 0.15) is 18.5 Å². The zero-order valence-electron chi connectivity index (χ0n) is 16.7. The molecule has 3 rings (SSSR count). The Morgan fingerprint density at radius 3 is 2.43 bits per heavy atom. The van der Waals surface area contributed by atoms with Gasteiger partial charge in [-0.05, 0) is 55.9 Å². The van der Waals surface area contributed by atoms with Crippen LogP contribution < -0.4 is 10.6 Å². The van der Waals surface area contributed by atoms with Crippen LogP contribution in [0, 0.1) is 5.82 Å². The number of hydrogen-bond donors (Lipinski definition) is 2. The quantitative estimate of drug-likeness (QED) is 0.594. The summed E-state index contributed by atoms with van der Waals surface area (Å²) in [6.45, 7) is 1.97. The molecule has 1 atom stereocenters. The zero-order chi connectivity index (χ0) is 21.5. The van der Waals surface area contributed by atoms with Crippen molar-refractivity contribution in [1.82, 2.24) is 25.0 Å². The molecule has 156 valence electrons. The number of aromatic nitrogens is 3. The Hall–Kier alpha value is -3.59. The lowest BCUT2D eigenvalue weighted by molar-refractivity contribution is -0.125. The van der Waals surface area contributed by atoms with Gasteiger partial charge >= 0.3 is 0 Å². The lowest BCUT2D eigenvalue weighted by Crippen LogP contribution is -2.39. The van der Waals surface area contributed by atoms with E-state index >= 15 is 0 Å². The van der Waals surface area contributed by atoms with Crippen molar-refractivity contribution in [1.29, 1.82) is 0 Å². The van der Waals surface area contributed by atoms with Crippen molar-refractivity contribution < 1.29 is 14.0 Å². The van der Waals surface area contributed by atoms with Gasteiger partial charge in [0, 0.05) is 11.7 Å². The molecule has 0 fully saturated rings. The summed E-state index contributed by atoms with van der Waals surface area (Å²) in [4.78, 5) is 29.9. The maximum atomic E-state index is 12.9. The molecule has 0 aliphatic carbocycles. The van der Waals surface area contributed by atoms with Crippen LogP contribution in [0.5, 0.6) is 0 Å². The fourth-order valence-corrected chi connectivity index (χ4v) is 2.84. The minimum atomic E-state index is -0.383. The first kappa shape index (κ1) is 21.1. The van der Waals surface area contributed by atoms with Gasteiger partial charge in [-0.1, -0.05) is 12.1 Å². The second-order valence-electron chi connectivity index (χ2n) is 6.85. The van der Waals surface area contributed by atoms with Crippen molar-refractivity contribution in [2.45, 2.75) is 13.0 Å². The molecule has 0 saturated carbocycles. The number of halogens is 1. The third kappa shape index (κ3) is 5.71. The van der Waals surface area contributed by atoms with E-state index in [2.05, 4.69) is 20.7 Å². The molecule has 1 heterocycles. The predicted octanol–water partition coefficient (Wildman–Crippen LogP) is 2.15. The second-order valence-corrected chi connectivity index (χ2v) is 6.85. The van der Waals surface area contributed by atoms with Crippen LogP contribution in [0.25, 0.3) is 5.69 Å². The summed E-state index contributed by atoms with van der Waals surface area (Å²) in [5.74, 6) is -1.03. The van der Waals surface area contributed by atoms with E-state index in [0.717, 1.165) is 11.3 Å². The SMILES string of the molecule is C[C@@H](c1ccc(-n2cncn2)cc1)N(C)CC(=O)NCC(=O)Nc1ccc(F)cc1. The molecular formula is C21H23FN6O2. The molecular weight excluding hydrogens is 387 g/mol. The number of anilines is 1. The van der Waals surface area contributed by atoms with Crippen LogP contribution in [-0.2, 0) is 9.59 Å². The van der Waals surface area contributed by atoms with Gasteiger partial charge in [0.25, 0.3) is 0 Å². The van der Waals surface area contributed by atoms with Crippen molar-refractivity contribution >= 4 is 17.5 Å². The fraction of sp³-hybridized carbons (Fsp3) is 0.238. The molecule has 8 nitrogen and oxygen atoms in total. The van der Waals surface area contributed by atoms with Gasteiger partial charge in [0.2, 0.25) is 11.8 Å². The van der Waals surface area contributed by atoms with Crippen LogP contribution in [0.2, 0.25) is 0 Å². The topological polar surface area (TPSA) is 92.2 Å². The average molecular weight is 410 g/mol.